The summed E-state index contributed by atoms with van der Waals surface area (Å²) in [5.41, 5.74) is 0.927. The van der Waals surface area contributed by atoms with Crippen LogP contribution in [0.4, 0.5) is 0 Å². The van der Waals surface area contributed by atoms with Gasteiger partial charge in [0, 0.05) is 0 Å². The van der Waals surface area contributed by atoms with Crippen LogP contribution in [0.2, 0.25) is 0 Å². The minimum absolute atomic E-state index is 0.0686. The molecule has 0 radical (unpaired) electrons. The number of aliphatic hydroxyl groups is 3. The van der Waals surface area contributed by atoms with Gasteiger partial charge in [-0.3, -0.25) is 0 Å². The van der Waals surface area contributed by atoms with Crippen LogP contribution in [-0.4, -0.2) is 61.3 Å². The van der Waals surface area contributed by atoms with Gasteiger partial charge in [-0.15, -0.1) is 0 Å². The summed E-state index contributed by atoms with van der Waals surface area (Å²) in [6, 6.07) is 5.27. The van der Waals surface area contributed by atoms with Crippen LogP contribution in [0, 0.1) is 6.92 Å². The maximum Gasteiger partial charge on any atom is 0.240 e. The van der Waals surface area contributed by atoms with Crippen molar-refractivity contribution in [2.45, 2.75) is 36.2 Å². The van der Waals surface area contributed by atoms with Crippen LogP contribution in [0.5, 0.6) is 0 Å². The number of ether oxygens (including phenoxy) is 1. The molecule has 8 heteroatoms. The quantitative estimate of drug-likeness (QED) is 0.552. The Morgan fingerprint density at radius 2 is 1.86 bits per heavy atom. The summed E-state index contributed by atoms with van der Waals surface area (Å²) in [6.07, 6.45) is -3.62. The summed E-state index contributed by atoms with van der Waals surface area (Å²) in [5.74, 6) is 0. The molecule has 4 N–H and O–H groups in total. The zero-order valence-electron chi connectivity index (χ0n) is 11.5. The Balaban J connectivity index is 2.12. The van der Waals surface area contributed by atoms with Gasteiger partial charge in [0.05, 0.1) is 24.2 Å². The van der Waals surface area contributed by atoms with Gasteiger partial charge in [0.25, 0.3) is 0 Å². The molecule has 1 fully saturated rings. The van der Waals surface area contributed by atoms with Crippen LogP contribution in [0.3, 0.4) is 0 Å². The fraction of sp³-hybridized carbons (Fsp3) is 0.538. The van der Waals surface area contributed by atoms with E-state index in [2.05, 4.69) is 4.72 Å². The molecule has 1 saturated heterocycles. The molecule has 1 aliphatic heterocycles. The summed E-state index contributed by atoms with van der Waals surface area (Å²) in [7, 11) is -3.82. The average Bonchev–Trinajstić information content (AvgIpc) is 2.44. The molecule has 0 aliphatic carbocycles. The van der Waals surface area contributed by atoms with Gasteiger partial charge >= 0.3 is 0 Å². The maximum absolute atomic E-state index is 12.2. The lowest BCUT2D eigenvalue weighted by Gasteiger charge is -2.36. The van der Waals surface area contributed by atoms with Crippen LogP contribution < -0.4 is 4.72 Å². The van der Waals surface area contributed by atoms with Crippen LogP contribution in [-0.2, 0) is 14.8 Å². The van der Waals surface area contributed by atoms with Crippen molar-refractivity contribution in [2.75, 3.05) is 13.2 Å². The Bertz CT molecular complexity index is 573. The Labute approximate surface area is 123 Å². The first-order chi connectivity index (χ1) is 9.85. The first-order valence-corrected chi connectivity index (χ1v) is 8.01. The van der Waals surface area contributed by atoms with Crippen LogP contribution in [0.25, 0.3) is 0 Å². The summed E-state index contributed by atoms with van der Waals surface area (Å²) in [4.78, 5) is 0.0686. The largest absolute Gasteiger partial charge is 0.394 e. The lowest BCUT2D eigenvalue weighted by Crippen LogP contribution is -2.59. The maximum atomic E-state index is 12.2. The number of benzene rings is 1. The monoisotopic (exact) mass is 317 g/mol. The van der Waals surface area contributed by atoms with Crippen molar-refractivity contribution in [1.82, 2.24) is 4.72 Å². The Hall–Kier alpha value is -1.03. The van der Waals surface area contributed by atoms with Crippen molar-refractivity contribution in [1.29, 1.82) is 0 Å². The Morgan fingerprint density at radius 3 is 2.43 bits per heavy atom. The van der Waals surface area contributed by atoms with E-state index in [1.165, 1.54) is 12.1 Å². The van der Waals surface area contributed by atoms with Gasteiger partial charge in [0.1, 0.15) is 18.3 Å². The number of sulfonamides is 1. The van der Waals surface area contributed by atoms with Crippen LogP contribution >= 0.6 is 0 Å². The molecule has 0 unspecified atom stereocenters. The van der Waals surface area contributed by atoms with Gasteiger partial charge in [-0.1, -0.05) is 17.7 Å². The van der Waals surface area contributed by atoms with Crippen LogP contribution in [0.1, 0.15) is 5.56 Å². The second-order valence-corrected chi connectivity index (χ2v) is 6.79. The third-order valence-corrected chi connectivity index (χ3v) is 4.96. The highest BCUT2D eigenvalue weighted by Crippen LogP contribution is 2.18. The smallest absolute Gasteiger partial charge is 0.240 e. The van der Waals surface area contributed by atoms with Gasteiger partial charge in [0.2, 0.25) is 10.0 Å². The number of hydrogen-bond acceptors (Lipinski definition) is 6. The Morgan fingerprint density at radius 1 is 1.24 bits per heavy atom. The molecule has 7 nitrogen and oxygen atoms in total. The van der Waals surface area contributed by atoms with Gasteiger partial charge in [-0.05, 0) is 19.1 Å². The predicted octanol–water partition coefficient (Wildman–Crippen LogP) is -1.25. The number of rotatable bonds is 4. The summed E-state index contributed by atoms with van der Waals surface area (Å²) in [6.45, 7) is 1.26. The molecule has 0 amide bonds. The minimum atomic E-state index is -3.82. The first kappa shape index (κ1) is 16.3. The zero-order valence-corrected chi connectivity index (χ0v) is 12.3. The number of nitrogens with one attached hydrogen (secondary N) is 1. The van der Waals surface area contributed by atoms with E-state index in [1.807, 2.05) is 6.92 Å². The van der Waals surface area contributed by atoms with Crippen molar-refractivity contribution in [3.05, 3.63) is 29.8 Å². The SMILES string of the molecule is Cc1ccc(S(=O)(=O)N[C@H]2CO[C@H](CO)[C@H](O)[C@@H]2O)cc1. The third kappa shape index (κ3) is 3.60. The lowest BCUT2D eigenvalue weighted by atomic mass is 9.99. The topological polar surface area (TPSA) is 116 Å². The highest BCUT2D eigenvalue weighted by molar-refractivity contribution is 7.89. The van der Waals surface area contributed by atoms with Crippen LogP contribution in [0.15, 0.2) is 29.2 Å². The first-order valence-electron chi connectivity index (χ1n) is 6.53. The van der Waals surface area contributed by atoms with E-state index >= 15 is 0 Å². The molecule has 1 heterocycles. The zero-order chi connectivity index (χ0) is 15.6. The summed E-state index contributed by atoms with van der Waals surface area (Å²) >= 11 is 0. The van der Waals surface area contributed by atoms with Crippen molar-refractivity contribution < 1.29 is 28.5 Å². The standard InChI is InChI=1S/C13H19NO6S/c1-8-2-4-9(5-3-8)21(18,19)14-10-7-20-11(6-15)13(17)12(10)16/h2-5,10-17H,6-7H2,1H3/t10-,11+,12+,13-/m0/s1. The van der Waals surface area contributed by atoms with Gasteiger partial charge < -0.3 is 20.1 Å². The third-order valence-electron chi connectivity index (χ3n) is 3.45. The lowest BCUT2D eigenvalue weighted by molar-refractivity contribution is -0.158. The van der Waals surface area contributed by atoms with E-state index in [4.69, 9.17) is 9.84 Å². The highest BCUT2D eigenvalue weighted by Gasteiger charge is 2.39. The highest BCUT2D eigenvalue weighted by atomic mass is 32.2. The van der Waals surface area contributed by atoms with Crippen molar-refractivity contribution in [3.8, 4) is 0 Å². The predicted molar refractivity (Wildman–Crippen MR) is 74.1 cm³/mol. The van der Waals surface area contributed by atoms with Gasteiger partial charge in [-0.2, -0.15) is 0 Å². The van der Waals surface area contributed by atoms with Gasteiger partial charge in [-0.25, -0.2) is 13.1 Å². The fourth-order valence-electron chi connectivity index (χ4n) is 2.13. The average molecular weight is 317 g/mol. The number of hydrogen-bond donors (Lipinski definition) is 4. The van der Waals surface area contributed by atoms with Gasteiger partial charge in [0.15, 0.2) is 0 Å². The molecule has 0 saturated carbocycles. The summed E-state index contributed by atoms with van der Waals surface area (Å²) in [5, 5.41) is 28.6. The second kappa shape index (κ2) is 6.39. The van der Waals surface area contributed by atoms with Crippen molar-refractivity contribution in [3.63, 3.8) is 0 Å². The van der Waals surface area contributed by atoms with E-state index in [9.17, 15) is 18.6 Å². The van der Waals surface area contributed by atoms with E-state index in [0.717, 1.165) is 5.56 Å². The molecule has 1 aromatic carbocycles. The minimum Gasteiger partial charge on any atom is -0.394 e. The van der Waals surface area contributed by atoms with E-state index < -0.39 is 41.0 Å². The van der Waals surface area contributed by atoms with E-state index in [0.29, 0.717) is 0 Å². The van der Waals surface area contributed by atoms with Crippen molar-refractivity contribution >= 4 is 10.0 Å². The normalized spacial score (nSPS) is 30.3. The van der Waals surface area contributed by atoms with Crippen molar-refractivity contribution in [2.24, 2.45) is 0 Å². The molecular formula is C13H19NO6S. The molecule has 21 heavy (non-hydrogen) atoms. The fourth-order valence-corrected chi connectivity index (χ4v) is 3.37. The number of aryl methyl sites for hydroxylation is 1. The molecule has 0 aromatic heterocycles. The molecule has 1 aromatic rings. The summed E-state index contributed by atoms with van der Waals surface area (Å²) < 4.78 is 31.9. The molecule has 0 spiro atoms. The molecule has 0 bridgehead atoms. The second-order valence-electron chi connectivity index (χ2n) is 5.08. The molecular weight excluding hydrogens is 298 g/mol. The Kier molecular flexibility index (Phi) is 4.97. The number of aliphatic hydroxyl groups excluding tert-OH is 3. The molecule has 1 aliphatic rings. The molecule has 2 rings (SSSR count). The van der Waals surface area contributed by atoms with E-state index in [1.54, 1.807) is 12.1 Å². The molecule has 4 atom stereocenters. The molecule has 118 valence electrons. The van der Waals surface area contributed by atoms with E-state index in [-0.39, 0.29) is 11.5 Å².